The van der Waals surface area contributed by atoms with Gasteiger partial charge < -0.3 is 5.32 Å². The summed E-state index contributed by atoms with van der Waals surface area (Å²) in [5.74, 6) is -0.179. The van der Waals surface area contributed by atoms with Crippen molar-refractivity contribution in [1.29, 1.82) is 0 Å². The Morgan fingerprint density at radius 1 is 1.11 bits per heavy atom. The van der Waals surface area contributed by atoms with E-state index in [2.05, 4.69) is 36.5 Å². The number of fused-ring (bicyclic) bond motifs is 1. The Morgan fingerprint density at radius 2 is 1.84 bits per heavy atom. The maximum atomic E-state index is 12.9. The van der Waals surface area contributed by atoms with Gasteiger partial charge in [-0.25, -0.2) is 4.39 Å². The third kappa shape index (κ3) is 2.54. The van der Waals surface area contributed by atoms with E-state index >= 15 is 0 Å². The average molecular weight is 255 g/mol. The van der Waals surface area contributed by atoms with Crippen LogP contribution in [0.4, 0.5) is 4.39 Å². The molecule has 0 aromatic heterocycles. The molecule has 0 radical (unpaired) electrons. The Hall–Kier alpha value is -1.67. The number of rotatable bonds is 3. The standard InChI is InChI=1S/C17H18FN/c1-12(13-6-9-15(18)10-7-13)19-17-11-8-14-4-2-3-5-16(14)17/h2-7,9-10,12,17,19H,8,11H2,1H3/t12-,17?/m1/s1. The number of aryl methyl sites for hydroxylation is 1. The maximum absolute atomic E-state index is 12.9. The number of hydrogen-bond acceptors (Lipinski definition) is 1. The van der Waals surface area contributed by atoms with Crippen LogP contribution in [0, 0.1) is 5.82 Å². The van der Waals surface area contributed by atoms with Crippen LogP contribution >= 0.6 is 0 Å². The SMILES string of the molecule is C[C@@H](NC1CCc2ccccc21)c1ccc(F)cc1. The van der Waals surface area contributed by atoms with Crippen LogP contribution in [-0.2, 0) is 6.42 Å². The van der Waals surface area contributed by atoms with Crippen molar-refractivity contribution in [3.05, 3.63) is 71.0 Å². The van der Waals surface area contributed by atoms with Gasteiger partial charge in [-0.15, -0.1) is 0 Å². The van der Waals surface area contributed by atoms with Crippen molar-refractivity contribution in [2.45, 2.75) is 31.8 Å². The van der Waals surface area contributed by atoms with Gasteiger partial charge in [-0.2, -0.15) is 0 Å². The van der Waals surface area contributed by atoms with Gasteiger partial charge in [0.05, 0.1) is 0 Å². The normalized spacial score (nSPS) is 19.2. The Kier molecular flexibility index (Phi) is 3.34. The fourth-order valence-corrected chi connectivity index (χ4v) is 2.88. The summed E-state index contributed by atoms with van der Waals surface area (Å²) in [5, 5.41) is 3.65. The van der Waals surface area contributed by atoms with Gasteiger partial charge in [0, 0.05) is 12.1 Å². The molecule has 0 heterocycles. The van der Waals surface area contributed by atoms with Gasteiger partial charge in [-0.1, -0.05) is 36.4 Å². The van der Waals surface area contributed by atoms with Crippen LogP contribution in [0.15, 0.2) is 48.5 Å². The summed E-state index contributed by atoms with van der Waals surface area (Å²) in [7, 11) is 0. The third-order valence-corrected chi connectivity index (χ3v) is 3.95. The zero-order valence-corrected chi connectivity index (χ0v) is 11.1. The highest BCUT2D eigenvalue weighted by atomic mass is 19.1. The molecular formula is C17H18FN. The second-order valence-electron chi connectivity index (χ2n) is 5.23. The first-order chi connectivity index (χ1) is 9.24. The average Bonchev–Trinajstić information content (AvgIpc) is 2.83. The van der Waals surface area contributed by atoms with Crippen LogP contribution in [-0.4, -0.2) is 0 Å². The second kappa shape index (κ2) is 5.14. The lowest BCUT2D eigenvalue weighted by atomic mass is 10.0. The molecule has 2 heteroatoms. The Balaban J connectivity index is 1.74. The Labute approximate surface area is 113 Å². The molecule has 0 saturated carbocycles. The molecule has 1 aliphatic carbocycles. The van der Waals surface area contributed by atoms with Crippen molar-refractivity contribution in [3.63, 3.8) is 0 Å². The first-order valence-corrected chi connectivity index (χ1v) is 6.83. The highest BCUT2D eigenvalue weighted by Gasteiger charge is 2.23. The molecule has 2 aromatic carbocycles. The number of hydrogen-bond donors (Lipinski definition) is 1. The maximum Gasteiger partial charge on any atom is 0.123 e. The Morgan fingerprint density at radius 3 is 2.63 bits per heavy atom. The van der Waals surface area contributed by atoms with E-state index in [9.17, 15) is 4.39 Å². The largest absolute Gasteiger partial charge is 0.303 e. The molecule has 0 aliphatic heterocycles. The number of nitrogens with one attached hydrogen (secondary N) is 1. The summed E-state index contributed by atoms with van der Waals surface area (Å²) in [6.45, 7) is 2.13. The third-order valence-electron chi connectivity index (χ3n) is 3.95. The summed E-state index contributed by atoms with van der Waals surface area (Å²) < 4.78 is 12.9. The van der Waals surface area contributed by atoms with Gasteiger partial charge in [0.2, 0.25) is 0 Å². The van der Waals surface area contributed by atoms with Crippen LogP contribution in [0.2, 0.25) is 0 Å². The fourth-order valence-electron chi connectivity index (χ4n) is 2.88. The monoisotopic (exact) mass is 255 g/mol. The van der Waals surface area contributed by atoms with E-state index < -0.39 is 0 Å². The molecule has 1 unspecified atom stereocenters. The zero-order valence-electron chi connectivity index (χ0n) is 11.1. The molecule has 0 saturated heterocycles. The highest BCUT2D eigenvalue weighted by molar-refractivity contribution is 5.34. The first kappa shape index (κ1) is 12.4. The van der Waals surface area contributed by atoms with Gasteiger partial charge in [-0.05, 0) is 48.6 Å². The van der Waals surface area contributed by atoms with Crippen molar-refractivity contribution in [2.24, 2.45) is 0 Å². The molecule has 2 atom stereocenters. The Bertz CT molecular complexity index is 562. The number of benzene rings is 2. The molecule has 1 nitrogen and oxygen atoms in total. The van der Waals surface area contributed by atoms with Gasteiger partial charge in [0.25, 0.3) is 0 Å². The van der Waals surface area contributed by atoms with E-state index in [1.165, 1.54) is 23.3 Å². The van der Waals surface area contributed by atoms with E-state index in [1.54, 1.807) is 0 Å². The van der Waals surface area contributed by atoms with Crippen LogP contribution in [0.1, 0.15) is 42.1 Å². The van der Waals surface area contributed by atoms with Crippen LogP contribution in [0.25, 0.3) is 0 Å². The van der Waals surface area contributed by atoms with Crippen molar-refractivity contribution < 1.29 is 4.39 Å². The molecule has 1 aliphatic rings. The van der Waals surface area contributed by atoms with Crippen molar-refractivity contribution in [1.82, 2.24) is 5.32 Å². The van der Waals surface area contributed by atoms with Gasteiger partial charge in [-0.3, -0.25) is 0 Å². The van der Waals surface area contributed by atoms with Crippen LogP contribution < -0.4 is 5.32 Å². The van der Waals surface area contributed by atoms with Crippen LogP contribution in [0.5, 0.6) is 0 Å². The second-order valence-corrected chi connectivity index (χ2v) is 5.23. The van der Waals surface area contributed by atoms with Crippen LogP contribution in [0.3, 0.4) is 0 Å². The lowest BCUT2D eigenvalue weighted by Gasteiger charge is -2.20. The zero-order chi connectivity index (χ0) is 13.2. The topological polar surface area (TPSA) is 12.0 Å². The smallest absolute Gasteiger partial charge is 0.123 e. The molecule has 19 heavy (non-hydrogen) atoms. The fraction of sp³-hybridized carbons (Fsp3) is 0.294. The molecule has 0 bridgehead atoms. The first-order valence-electron chi connectivity index (χ1n) is 6.83. The van der Waals surface area contributed by atoms with E-state index in [0.717, 1.165) is 18.4 Å². The molecule has 3 rings (SSSR count). The quantitative estimate of drug-likeness (QED) is 0.868. The summed E-state index contributed by atoms with van der Waals surface area (Å²) >= 11 is 0. The van der Waals surface area contributed by atoms with E-state index in [0.29, 0.717) is 6.04 Å². The molecule has 0 spiro atoms. The lowest BCUT2D eigenvalue weighted by Crippen LogP contribution is -2.22. The minimum absolute atomic E-state index is 0.179. The minimum atomic E-state index is -0.179. The molecule has 0 amide bonds. The molecular weight excluding hydrogens is 237 g/mol. The van der Waals surface area contributed by atoms with E-state index in [4.69, 9.17) is 0 Å². The van der Waals surface area contributed by atoms with E-state index in [1.807, 2.05) is 12.1 Å². The molecule has 2 aromatic rings. The summed E-state index contributed by atoms with van der Waals surface area (Å²) in [5.41, 5.74) is 3.99. The van der Waals surface area contributed by atoms with Gasteiger partial charge in [0.1, 0.15) is 5.82 Å². The predicted molar refractivity (Wildman–Crippen MR) is 75.5 cm³/mol. The van der Waals surface area contributed by atoms with Gasteiger partial charge in [0.15, 0.2) is 0 Å². The van der Waals surface area contributed by atoms with E-state index in [-0.39, 0.29) is 11.9 Å². The van der Waals surface area contributed by atoms with Crippen molar-refractivity contribution in [3.8, 4) is 0 Å². The minimum Gasteiger partial charge on any atom is -0.303 e. The molecule has 98 valence electrons. The summed E-state index contributed by atoms with van der Waals surface area (Å²) in [6, 6.07) is 16.0. The van der Waals surface area contributed by atoms with Crippen molar-refractivity contribution >= 4 is 0 Å². The highest BCUT2D eigenvalue weighted by Crippen LogP contribution is 2.32. The predicted octanol–water partition coefficient (Wildman–Crippen LogP) is 4.16. The lowest BCUT2D eigenvalue weighted by molar-refractivity contribution is 0.464. The molecule has 0 fully saturated rings. The van der Waals surface area contributed by atoms with Crippen molar-refractivity contribution in [2.75, 3.05) is 0 Å². The molecule has 1 N–H and O–H groups in total. The number of halogens is 1. The summed E-state index contributed by atoms with van der Waals surface area (Å²) in [4.78, 5) is 0. The summed E-state index contributed by atoms with van der Waals surface area (Å²) in [6.07, 6.45) is 2.29. The van der Waals surface area contributed by atoms with Gasteiger partial charge >= 0.3 is 0 Å².